The van der Waals surface area contributed by atoms with Crippen LogP contribution in [0.25, 0.3) is 0 Å². The monoisotopic (exact) mass is 290 g/mol. The molecule has 3 nitrogen and oxygen atoms in total. The number of hydrogen-bond donors (Lipinski definition) is 1. The Morgan fingerprint density at radius 2 is 1.95 bits per heavy atom. The highest BCUT2D eigenvalue weighted by molar-refractivity contribution is 6.31. The standard InChI is InChI=1S/C16H19ClN2O/c1-18-14(10-13-7-8-19-11-16(13)17)9-12-3-5-15(20-2)6-4-12/h3-8,11,14,18H,9-10H2,1-2H3. The third kappa shape index (κ3) is 3.95. The van der Waals surface area contributed by atoms with Gasteiger partial charge in [-0.25, -0.2) is 0 Å². The average Bonchev–Trinajstić information content (AvgIpc) is 2.49. The van der Waals surface area contributed by atoms with Crippen molar-refractivity contribution in [3.8, 4) is 5.75 Å². The molecule has 1 N–H and O–H groups in total. The Morgan fingerprint density at radius 3 is 2.55 bits per heavy atom. The first-order chi connectivity index (χ1) is 9.72. The highest BCUT2D eigenvalue weighted by atomic mass is 35.5. The zero-order chi connectivity index (χ0) is 14.4. The lowest BCUT2D eigenvalue weighted by Crippen LogP contribution is -2.30. The molecule has 0 saturated heterocycles. The number of nitrogens with one attached hydrogen (secondary N) is 1. The van der Waals surface area contributed by atoms with Crippen molar-refractivity contribution in [2.45, 2.75) is 18.9 Å². The van der Waals surface area contributed by atoms with Crippen LogP contribution in [0.15, 0.2) is 42.7 Å². The molecule has 0 aliphatic carbocycles. The highest BCUT2D eigenvalue weighted by Crippen LogP contribution is 2.18. The minimum Gasteiger partial charge on any atom is -0.497 e. The van der Waals surface area contributed by atoms with Gasteiger partial charge in [-0.3, -0.25) is 4.98 Å². The van der Waals surface area contributed by atoms with Gasteiger partial charge < -0.3 is 10.1 Å². The molecule has 2 rings (SSSR count). The lowest BCUT2D eigenvalue weighted by molar-refractivity contribution is 0.414. The molecule has 1 aromatic carbocycles. The summed E-state index contributed by atoms with van der Waals surface area (Å²) in [6.07, 6.45) is 5.29. The predicted octanol–water partition coefficient (Wildman–Crippen LogP) is 3.12. The minimum atomic E-state index is 0.336. The third-order valence-corrected chi connectivity index (χ3v) is 3.71. The van der Waals surface area contributed by atoms with Gasteiger partial charge in [0.2, 0.25) is 0 Å². The van der Waals surface area contributed by atoms with E-state index in [1.807, 2.05) is 25.2 Å². The maximum absolute atomic E-state index is 6.16. The van der Waals surface area contributed by atoms with E-state index in [0.717, 1.165) is 29.2 Å². The first-order valence-corrected chi connectivity index (χ1v) is 6.99. The second-order valence-electron chi connectivity index (χ2n) is 4.71. The van der Waals surface area contributed by atoms with E-state index in [-0.39, 0.29) is 0 Å². The van der Waals surface area contributed by atoms with Crippen LogP contribution < -0.4 is 10.1 Å². The molecule has 0 fully saturated rings. The van der Waals surface area contributed by atoms with Gasteiger partial charge in [0.1, 0.15) is 5.75 Å². The largest absolute Gasteiger partial charge is 0.497 e. The molecule has 0 saturated carbocycles. The molecule has 1 unspecified atom stereocenters. The number of methoxy groups -OCH3 is 1. The number of pyridine rings is 1. The van der Waals surface area contributed by atoms with Crippen LogP contribution in [0.3, 0.4) is 0 Å². The summed E-state index contributed by atoms with van der Waals surface area (Å²) in [4.78, 5) is 4.01. The minimum absolute atomic E-state index is 0.336. The molecule has 1 heterocycles. The first-order valence-electron chi connectivity index (χ1n) is 6.61. The smallest absolute Gasteiger partial charge is 0.118 e. The molecule has 4 heteroatoms. The molecular formula is C16H19ClN2O. The zero-order valence-electron chi connectivity index (χ0n) is 11.8. The second-order valence-corrected chi connectivity index (χ2v) is 5.12. The van der Waals surface area contributed by atoms with Gasteiger partial charge in [0.05, 0.1) is 12.1 Å². The lowest BCUT2D eigenvalue weighted by atomic mass is 9.99. The molecular weight excluding hydrogens is 272 g/mol. The summed E-state index contributed by atoms with van der Waals surface area (Å²) >= 11 is 6.16. The van der Waals surface area contributed by atoms with E-state index in [1.54, 1.807) is 19.5 Å². The van der Waals surface area contributed by atoms with Gasteiger partial charge in [0.15, 0.2) is 0 Å². The number of hydrogen-bond acceptors (Lipinski definition) is 3. The Balaban J connectivity index is 2.03. The van der Waals surface area contributed by atoms with E-state index in [2.05, 4.69) is 22.4 Å². The average molecular weight is 291 g/mol. The Labute approximate surface area is 124 Å². The van der Waals surface area contributed by atoms with Gasteiger partial charge in [-0.1, -0.05) is 23.7 Å². The molecule has 1 aromatic heterocycles. The van der Waals surface area contributed by atoms with Crippen LogP contribution >= 0.6 is 11.6 Å². The number of ether oxygens (including phenoxy) is 1. The van der Waals surface area contributed by atoms with Crippen LogP contribution in [0.5, 0.6) is 5.75 Å². The quantitative estimate of drug-likeness (QED) is 0.887. The van der Waals surface area contributed by atoms with E-state index >= 15 is 0 Å². The summed E-state index contributed by atoms with van der Waals surface area (Å²) < 4.78 is 5.17. The molecule has 2 aromatic rings. The normalized spacial score (nSPS) is 12.2. The fourth-order valence-corrected chi connectivity index (χ4v) is 2.35. The topological polar surface area (TPSA) is 34.1 Å². The number of halogens is 1. The highest BCUT2D eigenvalue weighted by Gasteiger charge is 2.10. The Hall–Kier alpha value is -1.58. The summed E-state index contributed by atoms with van der Waals surface area (Å²) in [6.45, 7) is 0. The van der Waals surface area contributed by atoms with Crippen LogP contribution in [-0.4, -0.2) is 25.2 Å². The molecule has 0 radical (unpaired) electrons. The summed E-state index contributed by atoms with van der Waals surface area (Å²) in [7, 11) is 3.65. The fraction of sp³-hybridized carbons (Fsp3) is 0.312. The SMILES string of the molecule is CNC(Cc1ccc(OC)cc1)Cc1ccncc1Cl. The van der Waals surface area contributed by atoms with Crippen LogP contribution in [0, 0.1) is 0 Å². The number of benzene rings is 1. The number of rotatable bonds is 6. The van der Waals surface area contributed by atoms with Gasteiger partial charge in [-0.15, -0.1) is 0 Å². The molecule has 0 aliphatic rings. The summed E-state index contributed by atoms with van der Waals surface area (Å²) in [5.74, 6) is 0.881. The van der Waals surface area contributed by atoms with Crippen LogP contribution in [0.1, 0.15) is 11.1 Å². The third-order valence-electron chi connectivity index (χ3n) is 3.37. The van der Waals surface area contributed by atoms with Crippen molar-refractivity contribution in [3.63, 3.8) is 0 Å². The van der Waals surface area contributed by atoms with Crippen molar-refractivity contribution in [3.05, 3.63) is 58.9 Å². The number of nitrogens with zero attached hydrogens (tertiary/aromatic N) is 1. The van der Waals surface area contributed by atoms with Gasteiger partial charge in [-0.05, 0) is 49.2 Å². The Morgan fingerprint density at radius 1 is 1.20 bits per heavy atom. The Bertz CT molecular complexity index is 542. The van der Waals surface area contributed by atoms with E-state index in [0.29, 0.717) is 6.04 Å². The molecule has 0 aliphatic heterocycles. The van der Waals surface area contributed by atoms with Gasteiger partial charge in [0.25, 0.3) is 0 Å². The predicted molar refractivity (Wildman–Crippen MR) is 82.5 cm³/mol. The maximum atomic E-state index is 6.16. The van der Waals surface area contributed by atoms with Crippen molar-refractivity contribution in [1.29, 1.82) is 0 Å². The van der Waals surface area contributed by atoms with Crippen LogP contribution in [0.2, 0.25) is 5.02 Å². The van der Waals surface area contributed by atoms with Crippen molar-refractivity contribution in [2.75, 3.05) is 14.2 Å². The number of likely N-dealkylation sites (N-methyl/N-ethyl adjacent to an activating group) is 1. The van der Waals surface area contributed by atoms with E-state index < -0.39 is 0 Å². The van der Waals surface area contributed by atoms with Crippen LogP contribution in [-0.2, 0) is 12.8 Å². The number of aromatic nitrogens is 1. The molecule has 1 atom stereocenters. The summed E-state index contributed by atoms with van der Waals surface area (Å²) in [5, 5.41) is 4.07. The molecule has 20 heavy (non-hydrogen) atoms. The van der Waals surface area contributed by atoms with Gasteiger partial charge in [0, 0.05) is 18.4 Å². The van der Waals surface area contributed by atoms with E-state index in [4.69, 9.17) is 16.3 Å². The molecule has 106 valence electrons. The second kappa shape index (κ2) is 7.27. The summed E-state index contributed by atoms with van der Waals surface area (Å²) in [6, 6.07) is 10.5. The first kappa shape index (κ1) is 14.8. The zero-order valence-corrected chi connectivity index (χ0v) is 12.5. The van der Waals surface area contributed by atoms with Crippen LogP contribution in [0.4, 0.5) is 0 Å². The van der Waals surface area contributed by atoms with Crippen molar-refractivity contribution in [1.82, 2.24) is 10.3 Å². The molecule has 0 spiro atoms. The molecule has 0 bridgehead atoms. The fourth-order valence-electron chi connectivity index (χ4n) is 2.16. The van der Waals surface area contributed by atoms with Gasteiger partial charge in [-0.2, -0.15) is 0 Å². The summed E-state index contributed by atoms with van der Waals surface area (Å²) in [5.41, 5.74) is 2.39. The van der Waals surface area contributed by atoms with Crippen molar-refractivity contribution in [2.24, 2.45) is 0 Å². The van der Waals surface area contributed by atoms with Crippen molar-refractivity contribution >= 4 is 11.6 Å². The van der Waals surface area contributed by atoms with E-state index in [1.165, 1.54) is 5.56 Å². The lowest BCUT2D eigenvalue weighted by Gasteiger charge is -2.17. The Kier molecular flexibility index (Phi) is 5.39. The van der Waals surface area contributed by atoms with Crippen molar-refractivity contribution < 1.29 is 4.74 Å². The molecule has 0 amide bonds. The maximum Gasteiger partial charge on any atom is 0.118 e. The van der Waals surface area contributed by atoms with Gasteiger partial charge >= 0.3 is 0 Å². The van der Waals surface area contributed by atoms with E-state index in [9.17, 15) is 0 Å².